The van der Waals surface area contributed by atoms with E-state index in [9.17, 15) is 4.79 Å². The van der Waals surface area contributed by atoms with Gasteiger partial charge in [0.1, 0.15) is 5.82 Å². The van der Waals surface area contributed by atoms with Crippen molar-refractivity contribution in [1.82, 2.24) is 19.8 Å². The molecule has 1 aromatic heterocycles. The highest BCUT2D eigenvalue weighted by Gasteiger charge is 2.27. The molecule has 4 rings (SSSR count). The van der Waals surface area contributed by atoms with Crippen molar-refractivity contribution in [2.45, 2.75) is 52.7 Å². The molecular formula is C25H32N4O. The summed E-state index contributed by atoms with van der Waals surface area (Å²) in [5.41, 5.74) is 4.61. The Morgan fingerprint density at radius 1 is 1.20 bits per heavy atom. The Hall–Kier alpha value is -2.66. The quantitative estimate of drug-likeness (QED) is 0.660. The van der Waals surface area contributed by atoms with Gasteiger partial charge in [-0.15, -0.1) is 0 Å². The maximum atomic E-state index is 12.8. The number of piperidine rings is 1. The van der Waals surface area contributed by atoms with Gasteiger partial charge in [0.25, 0.3) is 0 Å². The van der Waals surface area contributed by atoms with Gasteiger partial charge < -0.3 is 9.88 Å². The number of imidazole rings is 1. The third kappa shape index (κ3) is 4.57. The Kier molecular flexibility index (Phi) is 6.18. The summed E-state index contributed by atoms with van der Waals surface area (Å²) < 4.78 is 2.33. The van der Waals surface area contributed by atoms with Crippen molar-refractivity contribution >= 4 is 16.9 Å². The minimum Gasteiger partial charge on any atom is -0.352 e. The minimum absolute atomic E-state index is 0.0421. The van der Waals surface area contributed by atoms with Crippen LogP contribution in [-0.4, -0.2) is 33.4 Å². The fraction of sp³-hybridized carbons (Fsp3) is 0.440. The average molecular weight is 405 g/mol. The van der Waals surface area contributed by atoms with E-state index in [0.29, 0.717) is 12.6 Å². The van der Waals surface area contributed by atoms with Gasteiger partial charge in [0.15, 0.2) is 0 Å². The van der Waals surface area contributed by atoms with E-state index in [0.717, 1.165) is 49.4 Å². The zero-order chi connectivity index (χ0) is 21.1. The van der Waals surface area contributed by atoms with E-state index < -0.39 is 0 Å². The molecule has 5 heteroatoms. The van der Waals surface area contributed by atoms with Gasteiger partial charge in [0.05, 0.1) is 23.5 Å². The van der Waals surface area contributed by atoms with Crippen LogP contribution in [-0.2, 0) is 17.9 Å². The van der Waals surface area contributed by atoms with Crippen LogP contribution in [0.15, 0.2) is 48.5 Å². The molecular weight excluding hydrogens is 372 g/mol. The first kappa shape index (κ1) is 20.6. The molecule has 0 bridgehead atoms. The van der Waals surface area contributed by atoms with Crippen LogP contribution in [0.25, 0.3) is 11.0 Å². The van der Waals surface area contributed by atoms with Gasteiger partial charge >= 0.3 is 0 Å². The lowest BCUT2D eigenvalue weighted by Crippen LogP contribution is -2.42. The number of amides is 1. The Morgan fingerprint density at radius 2 is 2.03 bits per heavy atom. The van der Waals surface area contributed by atoms with Crippen LogP contribution in [0.5, 0.6) is 0 Å². The largest absolute Gasteiger partial charge is 0.352 e. The van der Waals surface area contributed by atoms with E-state index in [1.807, 2.05) is 12.1 Å². The summed E-state index contributed by atoms with van der Waals surface area (Å²) in [6.45, 7) is 9.68. The molecule has 1 atom stereocenters. The molecule has 0 saturated carbocycles. The Balaban J connectivity index is 1.41. The SMILES string of the molecule is Cc1cccc(CNC(=O)[C@@H]2CCCN(Cc3nc4ccccc4n3C(C)C)C2)c1. The standard InChI is InChI=1S/C25H32N4O/c1-18(2)29-23-12-5-4-11-22(23)27-24(29)17-28-13-7-10-21(16-28)25(30)26-15-20-9-6-8-19(3)14-20/h4-6,8-9,11-12,14,18,21H,7,10,13,15-17H2,1-3H3,(H,26,30)/t21-/m1/s1. The lowest BCUT2D eigenvalue weighted by Gasteiger charge is -2.32. The van der Waals surface area contributed by atoms with E-state index in [4.69, 9.17) is 4.98 Å². The second-order valence-electron chi connectivity index (χ2n) is 8.76. The molecule has 0 radical (unpaired) electrons. The molecule has 1 fully saturated rings. The molecule has 0 spiro atoms. The van der Waals surface area contributed by atoms with Crippen molar-refractivity contribution < 1.29 is 4.79 Å². The molecule has 0 aliphatic carbocycles. The fourth-order valence-electron chi connectivity index (χ4n) is 4.55. The van der Waals surface area contributed by atoms with Crippen LogP contribution in [0.1, 0.15) is 49.7 Å². The predicted octanol–water partition coefficient (Wildman–Crippen LogP) is 4.45. The number of hydrogen-bond acceptors (Lipinski definition) is 3. The highest BCUT2D eigenvalue weighted by Crippen LogP contribution is 2.24. The fourth-order valence-corrected chi connectivity index (χ4v) is 4.55. The molecule has 30 heavy (non-hydrogen) atoms. The first-order valence-electron chi connectivity index (χ1n) is 11.0. The molecule has 2 aromatic carbocycles. The number of para-hydroxylation sites is 2. The van der Waals surface area contributed by atoms with Crippen LogP contribution in [0.4, 0.5) is 0 Å². The van der Waals surface area contributed by atoms with Crippen molar-refractivity contribution in [3.05, 3.63) is 65.5 Å². The maximum Gasteiger partial charge on any atom is 0.224 e. The van der Waals surface area contributed by atoms with E-state index in [1.165, 1.54) is 11.1 Å². The summed E-state index contributed by atoms with van der Waals surface area (Å²) in [5, 5.41) is 3.14. The van der Waals surface area contributed by atoms with E-state index in [2.05, 4.69) is 72.0 Å². The van der Waals surface area contributed by atoms with E-state index in [1.54, 1.807) is 0 Å². The number of benzene rings is 2. The van der Waals surface area contributed by atoms with Crippen LogP contribution in [0, 0.1) is 12.8 Å². The first-order chi connectivity index (χ1) is 14.5. The Bertz CT molecular complexity index is 1020. The highest BCUT2D eigenvalue weighted by molar-refractivity contribution is 5.79. The van der Waals surface area contributed by atoms with Gasteiger partial charge in [-0.1, -0.05) is 42.0 Å². The summed E-state index contributed by atoms with van der Waals surface area (Å²) in [5.74, 6) is 1.30. The molecule has 5 nitrogen and oxygen atoms in total. The van der Waals surface area contributed by atoms with Gasteiger partial charge in [0, 0.05) is 19.1 Å². The number of carbonyl (C=O) groups is 1. The van der Waals surface area contributed by atoms with Crippen molar-refractivity contribution in [1.29, 1.82) is 0 Å². The van der Waals surface area contributed by atoms with Crippen molar-refractivity contribution in [3.63, 3.8) is 0 Å². The summed E-state index contributed by atoms with van der Waals surface area (Å²) in [4.78, 5) is 20.1. The zero-order valence-corrected chi connectivity index (χ0v) is 18.3. The van der Waals surface area contributed by atoms with Gasteiger partial charge in [-0.3, -0.25) is 9.69 Å². The number of aromatic nitrogens is 2. The first-order valence-corrected chi connectivity index (χ1v) is 11.0. The smallest absolute Gasteiger partial charge is 0.224 e. The normalized spacial score (nSPS) is 17.5. The highest BCUT2D eigenvalue weighted by atomic mass is 16.1. The molecule has 158 valence electrons. The summed E-state index contributed by atoms with van der Waals surface area (Å²) in [7, 11) is 0. The van der Waals surface area contributed by atoms with Crippen molar-refractivity contribution in [2.24, 2.45) is 5.92 Å². The lowest BCUT2D eigenvalue weighted by molar-refractivity contribution is -0.127. The number of hydrogen-bond donors (Lipinski definition) is 1. The van der Waals surface area contributed by atoms with Crippen LogP contribution >= 0.6 is 0 Å². The van der Waals surface area contributed by atoms with E-state index >= 15 is 0 Å². The number of fused-ring (bicyclic) bond motifs is 1. The van der Waals surface area contributed by atoms with Gasteiger partial charge in [0.2, 0.25) is 5.91 Å². The summed E-state index contributed by atoms with van der Waals surface area (Å²) >= 11 is 0. The second-order valence-corrected chi connectivity index (χ2v) is 8.76. The molecule has 2 heterocycles. The molecule has 1 aliphatic heterocycles. The Labute approximate surface area is 179 Å². The summed E-state index contributed by atoms with van der Waals surface area (Å²) in [6.07, 6.45) is 2.00. The second kappa shape index (κ2) is 9.00. The van der Waals surface area contributed by atoms with Crippen LogP contribution in [0.3, 0.4) is 0 Å². The minimum atomic E-state index is 0.0421. The molecule has 1 amide bonds. The van der Waals surface area contributed by atoms with E-state index in [-0.39, 0.29) is 11.8 Å². The monoisotopic (exact) mass is 404 g/mol. The Morgan fingerprint density at radius 3 is 2.83 bits per heavy atom. The van der Waals surface area contributed by atoms with Crippen LogP contribution < -0.4 is 5.32 Å². The number of rotatable bonds is 6. The van der Waals surface area contributed by atoms with Crippen molar-refractivity contribution in [3.8, 4) is 0 Å². The zero-order valence-electron chi connectivity index (χ0n) is 18.3. The lowest BCUT2D eigenvalue weighted by atomic mass is 9.97. The van der Waals surface area contributed by atoms with Crippen molar-refractivity contribution in [2.75, 3.05) is 13.1 Å². The molecule has 1 saturated heterocycles. The number of likely N-dealkylation sites (tertiary alicyclic amines) is 1. The number of nitrogens with zero attached hydrogens (tertiary/aromatic N) is 3. The number of carbonyl (C=O) groups excluding carboxylic acids is 1. The third-order valence-corrected chi connectivity index (χ3v) is 5.98. The predicted molar refractivity (Wildman–Crippen MR) is 121 cm³/mol. The number of aryl methyl sites for hydroxylation is 1. The van der Waals surface area contributed by atoms with Gasteiger partial charge in [-0.05, 0) is 57.9 Å². The van der Waals surface area contributed by atoms with Crippen LogP contribution in [0.2, 0.25) is 0 Å². The van der Waals surface area contributed by atoms with Gasteiger partial charge in [-0.25, -0.2) is 4.98 Å². The third-order valence-electron chi connectivity index (χ3n) is 5.98. The maximum absolute atomic E-state index is 12.8. The molecule has 3 aromatic rings. The number of nitrogens with one attached hydrogen (secondary N) is 1. The summed E-state index contributed by atoms with van der Waals surface area (Å²) in [6, 6.07) is 17.0. The average Bonchev–Trinajstić information content (AvgIpc) is 3.10. The molecule has 1 N–H and O–H groups in total. The topological polar surface area (TPSA) is 50.2 Å². The molecule has 0 unspecified atom stereocenters. The van der Waals surface area contributed by atoms with Gasteiger partial charge in [-0.2, -0.15) is 0 Å². The molecule has 1 aliphatic rings.